The molecule has 0 spiro atoms. The number of methoxy groups -OCH3 is 1. The second kappa shape index (κ2) is 6.69. The van der Waals surface area contributed by atoms with Crippen LogP contribution in [0.5, 0.6) is 0 Å². The van der Waals surface area contributed by atoms with Crippen molar-refractivity contribution in [1.82, 2.24) is 5.32 Å². The van der Waals surface area contributed by atoms with Gasteiger partial charge in [-0.3, -0.25) is 14.9 Å². The molecule has 0 bridgehead atoms. The first-order chi connectivity index (χ1) is 8.99. The van der Waals surface area contributed by atoms with Crippen molar-refractivity contribution in [3.05, 3.63) is 33.9 Å². The second-order valence-corrected chi connectivity index (χ2v) is 4.00. The maximum Gasteiger partial charge on any atom is 0.293 e. The van der Waals surface area contributed by atoms with Gasteiger partial charge in [-0.05, 0) is 19.1 Å². The summed E-state index contributed by atoms with van der Waals surface area (Å²) in [4.78, 5) is 22.2. The van der Waals surface area contributed by atoms with Gasteiger partial charge < -0.3 is 15.4 Å². The van der Waals surface area contributed by atoms with Crippen molar-refractivity contribution >= 4 is 17.3 Å². The summed E-state index contributed by atoms with van der Waals surface area (Å²) in [6.07, 6.45) is -0.115. The molecule has 7 heteroatoms. The van der Waals surface area contributed by atoms with Crippen LogP contribution >= 0.6 is 0 Å². The van der Waals surface area contributed by atoms with E-state index in [0.29, 0.717) is 12.2 Å². The van der Waals surface area contributed by atoms with Gasteiger partial charge in [0.15, 0.2) is 0 Å². The van der Waals surface area contributed by atoms with Crippen molar-refractivity contribution in [2.45, 2.75) is 13.0 Å². The van der Waals surface area contributed by atoms with Crippen LogP contribution in [-0.4, -0.2) is 37.6 Å². The molecule has 2 N–H and O–H groups in total. The number of hydrogen-bond donors (Lipinski definition) is 2. The van der Waals surface area contributed by atoms with Crippen molar-refractivity contribution in [2.24, 2.45) is 0 Å². The number of anilines is 1. The van der Waals surface area contributed by atoms with E-state index in [2.05, 4.69) is 10.6 Å². The minimum absolute atomic E-state index is 0.115. The lowest BCUT2D eigenvalue weighted by molar-refractivity contribution is -0.384. The molecule has 0 saturated carbocycles. The average molecular weight is 267 g/mol. The molecule has 1 amide bonds. The number of carbonyl (C=O) groups excluding carboxylic acids is 1. The van der Waals surface area contributed by atoms with Crippen LogP contribution in [0, 0.1) is 10.1 Å². The maximum absolute atomic E-state index is 11.8. The normalized spacial score (nSPS) is 11.7. The van der Waals surface area contributed by atoms with E-state index >= 15 is 0 Å². The number of ether oxygens (including phenoxy) is 1. The van der Waals surface area contributed by atoms with Gasteiger partial charge >= 0.3 is 0 Å². The molecule has 7 nitrogen and oxygen atoms in total. The summed E-state index contributed by atoms with van der Waals surface area (Å²) in [6.45, 7) is 2.16. The van der Waals surface area contributed by atoms with E-state index < -0.39 is 4.92 Å². The fourth-order valence-corrected chi connectivity index (χ4v) is 1.46. The van der Waals surface area contributed by atoms with Gasteiger partial charge in [-0.25, -0.2) is 0 Å². The van der Waals surface area contributed by atoms with Crippen LogP contribution in [0.25, 0.3) is 0 Å². The first kappa shape index (κ1) is 14.9. The summed E-state index contributed by atoms with van der Waals surface area (Å²) in [6, 6.07) is 4.29. The zero-order valence-electron chi connectivity index (χ0n) is 11.1. The molecule has 0 saturated heterocycles. The fraction of sp³-hybridized carbons (Fsp3) is 0.417. The zero-order chi connectivity index (χ0) is 14.4. The highest BCUT2D eigenvalue weighted by Gasteiger charge is 2.16. The molecule has 104 valence electrons. The van der Waals surface area contributed by atoms with Crippen LogP contribution in [0.2, 0.25) is 0 Å². The van der Waals surface area contributed by atoms with Crippen molar-refractivity contribution in [2.75, 3.05) is 26.0 Å². The van der Waals surface area contributed by atoms with Gasteiger partial charge in [0, 0.05) is 32.3 Å². The molecule has 0 aliphatic carbocycles. The van der Waals surface area contributed by atoms with Crippen LogP contribution in [0.1, 0.15) is 17.3 Å². The molecule has 0 aromatic heterocycles. The monoisotopic (exact) mass is 267 g/mol. The predicted octanol–water partition coefficient (Wildman–Crippen LogP) is 1.40. The fourth-order valence-electron chi connectivity index (χ4n) is 1.46. The maximum atomic E-state index is 11.8. The summed E-state index contributed by atoms with van der Waals surface area (Å²) in [7, 11) is 3.13. The van der Waals surface area contributed by atoms with Crippen LogP contribution < -0.4 is 10.6 Å². The molecule has 1 aromatic rings. The summed E-state index contributed by atoms with van der Waals surface area (Å²) in [5.41, 5.74) is 0.482. The lowest BCUT2D eigenvalue weighted by atomic mass is 10.1. The minimum atomic E-state index is -0.527. The van der Waals surface area contributed by atoms with E-state index in [-0.39, 0.29) is 23.3 Å². The molecule has 0 radical (unpaired) electrons. The van der Waals surface area contributed by atoms with E-state index in [1.807, 2.05) is 6.92 Å². The number of nitro benzene ring substituents is 1. The standard InChI is InChI=1S/C12H17N3O4/c1-8(19-3)7-14-12(16)9-4-5-10(13-2)11(6-9)15(17)18/h4-6,8,13H,7H2,1-3H3,(H,14,16). The second-order valence-electron chi connectivity index (χ2n) is 4.00. The highest BCUT2D eigenvalue weighted by atomic mass is 16.6. The molecular weight excluding hydrogens is 250 g/mol. The molecule has 1 aromatic carbocycles. The average Bonchev–Trinajstić information content (AvgIpc) is 2.43. The first-order valence-corrected chi connectivity index (χ1v) is 5.76. The van der Waals surface area contributed by atoms with Gasteiger partial charge in [0.05, 0.1) is 11.0 Å². The number of rotatable bonds is 6. The van der Waals surface area contributed by atoms with E-state index in [1.54, 1.807) is 14.2 Å². The Balaban J connectivity index is 2.86. The number of nitro groups is 1. The highest BCUT2D eigenvalue weighted by Crippen LogP contribution is 2.24. The molecule has 0 fully saturated rings. The van der Waals surface area contributed by atoms with Crippen LogP contribution in [-0.2, 0) is 4.74 Å². The summed E-state index contributed by atoms with van der Waals surface area (Å²) in [5.74, 6) is -0.366. The van der Waals surface area contributed by atoms with Gasteiger partial charge in [-0.15, -0.1) is 0 Å². The molecule has 0 heterocycles. The minimum Gasteiger partial charge on any atom is -0.383 e. The molecular formula is C12H17N3O4. The smallest absolute Gasteiger partial charge is 0.293 e. The molecule has 1 rings (SSSR count). The highest BCUT2D eigenvalue weighted by molar-refractivity contribution is 5.95. The van der Waals surface area contributed by atoms with Crippen molar-refractivity contribution < 1.29 is 14.5 Å². The Morgan fingerprint density at radius 3 is 2.74 bits per heavy atom. The van der Waals surface area contributed by atoms with Gasteiger partial charge in [-0.1, -0.05) is 0 Å². The topological polar surface area (TPSA) is 93.5 Å². The molecule has 19 heavy (non-hydrogen) atoms. The molecule has 1 unspecified atom stereocenters. The van der Waals surface area contributed by atoms with Crippen LogP contribution in [0.4, 0.5) is 11.4 Å². The third-order valence-electron chi connectivity index (χ3n) is 2.68. The number of amides is 1. The number of hydrogen-bond acceptors (Lipinski definition) is 5. The number of benzene rings is 1. The summed E-state index contributed by atoms with van der Waals surface area (Å²) >= 11 is 0. The van der Waals surface area contributed by atoms with Crippen molar-refractivity contribution in [3.63, 3.8) is 0 Å². The number of nitrogens with zero attached hydrogens (tertiary/aromatic N) is 1. The lowest BCUT2D eigenvalue weighted by Crippen LogP contribution is -2.31. The summed E-state index contributed by atoms with van der Waals surface area (Å²) in [5, 5.41) is 16.2. The molecule has 0 aliphatic heterocycles. The van der Waals surface area contributed by atoms with Gasteiger partial charge in [0.2, 0.25) is 0 Å². The lowest BCUT2D eigenvalue weighted by Gasteiger charge is -2.11. The van der Waals surface area contributed by atoms with Gasteiger partial charge in [0.1, 0.15) is 5.69 Å². The van der Waals surface area contributed by atoms with Crippen molar-refractivity contribution in [1.29, 1.82) is 0 Å². The van der Waals surface area contributed by atoms with E-state index in [0.717, 1.165) is 0 Å². The Morgan fingerprint density at radius 1 is 1.53 bits per heavy atom. The van der Waals surface area contributed by atoms with E-state index in [9.17, 15) is 14.9 Å². The van der Waals surface area contributed by atoms with Crippen molar-refractivity contribution in [3.8, 4) is 0 Å². The van der Waals surface area contributed by atoms with Crippen LogP contribution in [0.15, 0.2) is 18.2 Å². The Morgan fingerprint density at radius 2 is 2.21 bits per heavy atom. The predicted molar refractivity (Wildman–Crippen MR) is 71.4 cm³/mol. The SMILES string of the molecule is CNc1ccc(C(=O)NCC(C)OC)cc1[N+](=O)[O-]. The van der Waals surface area contributed by atoms with Gasteiger partial charge in [0.25, 0.3) is 11.6 Å². The Labute approximate surface area is 111 Å². The number of nitrogens with one attached hydrogen (secondary N) is 2. The van der Waals surface area contributed by atoms with E-state index in [1.165, 1.54) is 18.2 Å². The quantitative estimate of drug-likeness (QED) is 0.600. The first-order valence-electron chi connectivity index (χ1n) is 5.76. The molecule has 1 atom stereocenters. The summed E-state index contributed by atoms with van der Waals surface area (Å²) < 4.78 is 5.00. The molecule has 0 aliphatic rings. The third-order valence-corrected chi connectivity index (χ3v) is 2.68. The van der Waals surface area contributed by atoms with E-state index in [4.69, 9.17) is 4.74 Å². The zero-order valence-corrected chi connectivity index (χ0v) is 11.1. The third kappa shape index (κ3) is 3.92. The largest absolute Gasteiger partial charge is 0.383 e. The van der Waals surface area contributed by atoms with Crippen LogP contribution in [0.3, 0.4) is 0 Å². The number of carbonyl (C=O) groups is 1. The Kier molecular flexibility index (Phi) is 5.25. The Bertz CT molecular complexity index is 476. The van der Waals surface area contributed by atoms with Gasteiger partial charge in [-0.2, -0.15) is 0 Å². The Hall–Kier alpha value is -2.15.